The molecule has 0 bridgehead atoms. The third-order valence-electron chi connectivity index (χ3n) is 2.33. The third-order valence-corrected chi connectivity index (χ3v) is 4.39. The van der Waals surface area contributed by atoms with Crippen molar-refractivity contribution < 1.29 is 9.47 Å². The Labute approximate surface area is 116 Å². The minimum absolute atomic E-state index is 0.161. The van der Waals surface area contributed by atoms with Crippen LogP contribution in [0.1, 0.15) is 31.7 Å². The quantitative estimate of drug-likeness (QED) is 0.742. The van der Waals surface area contributed by atoms with Crippen molar-refractivity contribution in [1.82, 2.24) is 5.32 Å². The molecule has 0 spiro atoms. The van der Waals surface area contributed by atoms with Gasteiger partial charge in [0, 0.05) is 35.2 Å². The Hall–Kier alpha value is 0.0600. The second-order valence-electron chi connectivity index (χ2n) is 3.60. The van der Waals surface area contributed by atoms with E-state index in [1.807, 2.05) is 13.8 Å². The molecule has 0 radical (unpaired) electrons. The Morgan fingerprint density at radius 2 is 2.00 bits per heavy atom. The number of nitrogens with one attached hydrogen (secondary N) is 1. The van der Waals surface area contributed by atoms with Gasteiger partial charge in [-0.25, -0.2) is 0 Å². The fourth-order valence-electron chi connectivity index (χ4n) is 1.52. The first-order valence-corrected chi connectivity index (χ1v) is 7.55. The molecule has 1 atom stereocenters. The normalized spacial score (nSPS) is 13.2. The van der Waals surface area contributed by atoms with Gasteiger partial charge in [-0.15, -0.1) is 11.3 Å². The van der Waals surface area contributed by atoms with E-state index in [-0.39, 0.29) is 6.29 Å². The van der Waals surface area contributed by atoms with Crippen LogP contribution in [-0.4, -0.2) is 26.0 Å². The molecule has 98 valence electrons. The van der Waals surface area contributed by atoms with E-state index in [1.54, 1.807) is 11.3 Å². The van der Waals surface area contributed by atoms with Crippen molar-refractivity contribution in [3.8, 4) is 0 Å². The third kappa shape index (κ3) is 5.06. The maximum atomic E-state index is 5.49. The highest BCUT2D eigenvalue weighted by Gasteiger charge is 2.13. The van der Waals surface area contributed by atoms with Crippen LogP contribution in [-0.2, 0) is 9.47 Å². The molecule has 17 heavy (non-hydrogen) atoms. The summed E-state index contributed by atoms with van der Waals surface area (Å²) in [4.78, 5) is 1.30. The first kappa shape index (κ1) is 15.1. The molecule has 1 N–H and O–H groups in total. The van der Waals surface area contributed by atoms with Gasteiger partial charge in [0.05, 0.1) is 0 Å². The van der Waals surface area contributed by atoms with Crippen LogP contribution in [0.15, 0.2) is 15.9 Å². The molecule has 0 amide bonds. The second kappa shape index (κ2) is 8.21. The minimum Gasteiger partial charge on any atom is -0.352 e. The van der Waals surface area contributed by atoms with Gasteiger partial charge in [-0.1, -0.05) is 0 Å². The molecule has 1 unspecified atom stereocenters. The lowest BCUT2D eigenvalue weighted by Crippen LogP contribution is -2.33. The molecule has 5 heteroatoms. The summed E-state index contributed by atoms with van der Waals surface area (Å²) in [5.41, 5.74) is 0. The molecule has 1 aromatic heterocycles. The summed E-state index contributed by atoms with van der Waals surface area (Å²) >= 11 is 5.29. The number of ether oxygens (including phenoxy) is 2. The van der Waals surface area contributed by atoms with Gasteiger partial charge >= 0.3 is 0 Å². The molecular weight excluding hydrogens is 302 g/mol. The highest BCUT2D eigenvalue weighted by atomic mass is 79.9. The lowest BCUT2D eigenvalue weighted by molar-refractivity contribution is -0.133. The lowest BCUT2D eigenvalue weighted by Gasteiger charge is -2.20. The molecular formula is C12H20BrNO2S. The van der Waals surface area contributed by atoms with Crippen LogP contribution < -0.4 is 5.32 Å². The summed E-state index contributed by atoms with van der Waals surface area (Å²) in [6, 6.07) is 2.37. The predicted octanol–water partition coefficient (Wildman–Crippen LogP) is 3.56. The predicted molar refractivity (Wildman–Crippen MR) is 75.5 cm³/mol. The van der Waals surface area contributed by atoms with Crippen LogP contribution in [0.25, 0.3) is 0 Å². The first-order chi connectivity index (χ1) is 8.19. The number of rotatable bonds is 8. The van der Waals surface area contributed by atoms with Gasteiger partial charge in [0.1, 0.15) is 0 Å². The van der Waals surface area contributed by atoms with Gasteiger partial charge in [0.25, 0.3) is 0 Å². The molecule has 0 saturated carbocycles. The fourth-order valence-corrected chi connectivity index (χ4v) is 3.27. The Morgan fingerprint density at radius 1 is 1.35 bits per heavy atom. The molecule has 1 rings (SSSR count). The second-order valence-corrected chi connectivity index (χ2v) is 5.40. The summed E-state index contributed by atoms with van der Waals surface area (Å²) in [7, 11) is 0. The molecule has 0 aliphatic carbocycles. The van der Waals surface area contributed by atoms with E-state index in [2.05, 4.69) is 39.6 Å². The number of hydrogen-bond donors (Lipinski definition) is 1. The molecule has 0 aromatic carbocycles. The van der Waals surface area contributed by atoms with E-state index in [1.165, 1.54) is 4.88 Å². The molecule has 0 aliphatic heterocycles. The Morgan fingerprint density at radius 3 is 2.47 bits per heavy atom. The molecule has 0 fully saturated rings. The monoisotopic (exact) mass is 321 g/mol. The largest absolute Gasteiger partial charge is 0.352 e. The fraction of sp³-hybridized carbons (Fsp3) is 0.667. The molecule has 1 aromatic rings. The summed E-state index contributed by atoms with van der Waals surface area (Å²) in [5.74, 6) is 0. The van der Waals surface area contributed by atoms with Crippen LogP contribution in [0.2, 0.25) is 0 Å². The van der Waals surface area contributed by atoms with Crippen molar-refractivity contribution in [2.24, 2.45) is 0 Å². The zero-order valence-electron chi connectivity index (χ0n) is 10.5. The van der Waals surface area contributed by atoms with Crippen molar-refractivity contribution >= 4 is 27.3 Å². The van der Waals surface area contributed by atoms with Crippen molar-refractivity contribution in [1.29, 1.82) is 0 Å². The van der Waals surface area contributed by atoms with E-state index in [4.69, 9.17) is 9.47 Å². The number of halogens is 1. The number of hydrogen-bond acceptors (Lipinski definition) is 4. The van der Waals surface area contributed by atoms with Gasteiger partial charge in [-0.2, -0.15) is 0 Å². The standard InChI is InChI=1S/C12H20BrNO2S/c1-4-15-11(16-5-2)8-14-9(3)12-10(13)6-7-17-12/h6-7,9,11,14H,4-5,8H2,1-3H3. The summed E-state index contributed by atoms with van der Waals surface area (Å²) < 4.78 is 12.1. The maximum absolute atomic E-state index is 5.49. The molecule has 0 aliphatic rings. The first-order valence-electron chi connectivity index (χ1n) is 5.88. The van der Waals surface area contributed by atoms with Gasteiger partial charge in [-0.05, 0) is 48.1 Å². The summed E-state index contributed by atoms with van der Waals surface area (Å²) in [6.07, 6.45) is -0.161. The van der Waals surface area contributed by atoms with Crippen LogP contribution in [0, 0.1) is 0 Å². The zero-order valence-corrected chi connectivity index (χ0v) is 12.9. The van der Waals surface area contributed by atoms with Gasteiger partial charge in [-0.3, -0.25) is 0 Å². The van der Waals surface area contributed by atoms with Gasteiger partial charge in [0.2, 0.25) is 0 Å². The van der Waals surface area contributed by atoms with Crippen molar-refractivity contribution in [2.45, 2.75) is 33.1 Å². The van der Waals surface area contributed by atoms with E-state index in [9.17, 15) is 0 Å². The average molecular weight is 322 g/mol. The van der Waals surface area contributed by atoms with Crippen LogP contribution in [0.5, 0.6) is 0 Å². The van der Waals surface area contributed by atoms with Crippen molar-refractivity contribution in [3.63, 3.8) is 0 Å². The molecule has 0 saturated heterocycles. The van der Waals surface area contributed by atoms with Crippen LogP contribution in [0.4, 0.5) is 0 Å². The Bertz CT molecular complexity index is 313. The van der Waals surface area contributed by atoms with E-state index in [0.29, 0.717) is 25.8 Å². The zero-order chi connectivity index (χ0) is 12.7. The highest BCUT2D eigenvalue weighted by Crippen LogP contribution is 2.28. The smallest absolute Gasteiger partial charge is 0.169 e. The van der Waals surface area contributed by atoms with E-state index >= 15 is 0 Å². The Kier molecular flexibility index (Phi) is 7.30. The molecule has 1 heterocycles. The SMILES string of the molecule is CCOC(CNC(C)c1sccc1Br)OCC. The Balaban J connectivity index is 2.40. The topological polar surface area (TPSA) is 30.5 Å². The minimum atomic E-state index is -0.161. The molecule has 3 nitrogen and oxygen atoms in total. The van der Waals surface area contributed by atoms with Crippen molar-refractivity contribution in [3.05, 3.63) is 20.8 Å². The van der Waals surface area contributed by atoms with E-state index < -0.39 is 0 Å². The summed E-state index contributed by atoms with van der Waals surface area (Å²) in [5, 5.41) is 5.51. The van der Waals surface area contributed by atoms with Crippen LogP contribution in [0.3, 0.4) is 0 Å². The van der Waals surface area contributed by atoms with Gasteiger partial charge < -0.3 is 14.8 Å². The van der Waals surface area contributed by atoms with E-state index in [0.717, 1.165) is 4.47 Å². The lowest BCUT2D eigenvalue weighted by atomic mass is 10.3. The highest BCUT2D eigenvalue weighted by molar-refractivity contribution is 9.10. The van der Waals surface area contributed by atoms with Crippen molar-refractivity contribution in [2.75, 3.05) is 19.8 Å². The average Bonchev–Trinajstić information content (AvgIpc) is 2.72. The summed E-state index contributed by atoms with van der Waals surface area (Å²) in [6.45, 7) is 8.14. The number of thiophene rings is 1. The maximum Gasteiger partial charge on any atom is 0.169 e. The van der Waals surface area contributed by atoms with Gasteiger partial charge in [0.15, 0.2) is 6.29 Å². The van der Waals surface area contributed by atoms with Crippen LogP contribution >= 0.6 is 27.3 Å².